The number of nitrogens with one attached hydrogen (secondary N) is 3. The molecule has 2 aromatic rings. The number of hydrogen-bond acceptors (Lipinski definition) is 3. The summed E-state index contributed by atoms with van der Waals surface area (Å²) in [7, 11) is 1.83. The Morgan fingerprint density at radius 2 is 2.00 bits per heavy atom. The van der Waals surface area contributed by atoms with E-state index < -0.39 is 0 Å². The Morgan fingerprint density at radius 3 is 2.75 bits per heavy atom. The topological polar surface area (TPSA) is 68.3 Å². The quantitative estimate of drug-likeness (QED) is 0.339. The van der Waals surface area contributed by atoms with Crippen LogP contribution in [0.2, 0.25) is 0 Å². The number of halogens is 1. The molecule has 0 amide bonds. The number of aliphatic imine (C=N–C) groups is 1. The van der Waals surface area contributed by atoms with E-state index >= 15 is 0 Å². The number of H-pyrrole nitrogens is 1. The molecule has 1 aliphatic heterocycles. The highest BCUT2D eigenvalue weighted by Crippen LogP contribution is 2.26. The van der Waals surface area contributed by atoms with Crippen molar-refractivity contribution in [1.29, 1.82) is 0 Å². The molecule has 2 fully saturated rings. The molecule has 3 N–H and O–H groups in total. The van der Waals surface area contributed by atoms with Gasteiger partial charge in [0.2, 0.25) is 0 Å². The number of guanidine groups is 1. The molecule has 0 bridgehead atoms. The third kappa shape index (κ3) is 5.26. The van der Waals surface area contributed by atoms with Crippen LogP contribution in [0, 0.1) is 0 Å². The largest absolute Gasteiger partial charge is 0.352 e. The maximum atomic E-state index is 4.49. The number of imidazole rings is 1. The Bertz CT molecular complexity index is 753. The molecular formula is C21H31IN6. The molecule has 2 heterocycles. The Hall–Kier alpha value is -1.61. The average molecular weight is 494 g/mol. The van der Waals surface area contributed by atoms with Gasteiger partial charge in [-0.3, -0.25) is 9.89 Å². The van der Waals surface area contributed by atoms with Gasteiger partial charge in [-0.1, -0.05) is 43.2 Å². The van der Waals surface area contributed by atoms with Gasteiger partial charge in [-0.2, -0.15) is 0 Å². The van der Waals surface area contributed by atoms with Crippen molar-refractivity contribution in [3.05, 3.63) is 42.4 Å². The molecule has 0 spiro atoms. The number of nitrogens with zero attached hydrogens (tertiary/aromatic N) is 3. The number of likely N-dealkylation sites (tertiary alicyclic amines) is 1. The molecule has 1 aromatic carbocycles. The van der Waals surface area contributed by atoms with Crippen molar-refractivity contribution in [3.8, 4) is 11.3 Å². The van der Waals surface area contributed by atoms with E-state index in [1.54, 1.807) is 0 Å². The highest BCUT2D eigenvalue weighted by Gasteiger charge is 2.30. The van der Waals surface area contributed by atoms with Crippen molar-refractivity contribution in [3.63, 3.8) is 0 Å². The van der Waals surface area contributed by atoms with E-state index in [1.165, 1.54) is 38.6 Å². The van der Waals surface area contributed by atoms with Crippen LogP contribution in [0.4, 0.5) is 0 Å². The Labute approximate surface area is 184 Å². The van der Waals surface area contributed by atoms with Crippen LogP contribution in [0.1, 0.15) is 37.9 Å². The lowest BCUT2D eigenvalue weighted by atomic mass is 10.2. The minimum absolute atomic E-state index is 0. The van der Waals surface area contributed by atoms with Crippen LogP contribution in [0.5, 0.6) is 0 Å². The lowest BCUT2D eigenvalue weighted by Crippen LogP contribution is -2.45. The molecule has 28 heavy (non-hydrogen) atoms. The zero-order chi connectivity index (χ0) is 18.5. The SMILES string of the molecule is CN=C(NCc1ncc(-c2ccccc2)[nH]1)NC1CCN(C2CCCC2)C1.I. The first-order valence-electron chi connectivity index (χ1n) is 10.1. The minimum Gasteiger partial charge on any atom is -0.352 e. The van der Waals surface area contributed by atoms with Crippen LogP contribution in [0.15, 0.2) is 41.5 Å². The fraction of sp³-hybridized carbons (Fsp3) is 0.524. The normalized spacial score (nSPS) is 20.9. The standard InChI is InChI=1S/C21H30N6.HI/c1-22-21(25-17-11-12-27(15-17)18-9-5-6-10-18)24-14-20-23-13-19(26-20)16-7-3-2-4-8-16;/h2-4,7-8,13,17-18H,5-6,9-12,14-15H2,1H3,(H,23,26)(H2,22,24,25);1H. The fourth-order valence-electron chi connectivity index (χ4n) is 4.28. The van der Waals surface area contributed by atoms with E-state index in [2.05, 4.69) is 42.6 Å². The lowest BCUT2D eigenvalue weighted by Gasteiger charge is -2.24. The van der Waals surface area contributed by atoms with Crippen LogP contribution in [0.3, 0.4) is 0 Å². The average Bonchev–Trinajstić information content (AvgIpc) is 3.47. The molecule has 4 rings (SSSR count). The van der Waals surface area contributed by atoms with Crippen LogP contribution in [0.25, 0.3) is 11.3 Å². The van der Waals surface area contributed by atoms with Gasteiger partial charge < -0.3 is 15.6 Å². The van der Waals surface area contributed by atoms with E-state index in [0.29, 0.717) is 12.6 Å². The molecule has 2 aliphatic rings. The Kier molecular flexibility index (Phi) is 7.73. The maximum absolute atomic E-state index is 4.49. The molecule has 0 radical (unpaired) electrons. The van der Waals surface area contributed by atoms with Crippen molar-refractivity contribution < 1.29 is 0 Å². The van der Waals surface area contributed by atoms with Gasteiger partial charge in [0, 0.05) is 32.2 Å². The summed E-state index contributed by atoms with van der Waals surface area (Å²) in [6, 6.07) is 11.6. The summed E-state index contributed by atoms with van der Waals surface area (Å²) in [5.74, 6) is 1.77. The number of rotatable bonds is 5. The maximum Gasteiger partial charge on any atom is 0.191 e. The van der Waals surface area contributed by atoms with Crippen LogP contribution >= 0.6 is 24.0 Å². The first-order valence-corrected chi connectivity index (χ1v) is 10.1. The monoisotopic (exact) mass is 494 g/mol. The minimum atomic E-state index is 0. The van der Waals surface area contributed by atoms with Crippen molar-refractivity contribution in [1.82, 2.24) is 25.5 Å². The summed E-state index contributed by atoms with van der Waals surface area (Å²) in [6.07, 6.45) is 8.63. The van der Waals surface area contributed by atoms with E-state index in [1.807, 2.05) is 31.4 Å². The number of aromatic nitrogens is 2. The second kappa shape index (κ2) is 10.2. The molecule has 1 unspecified atom stereocenters. The summed E-state index contributed by atoms with van der Waals surface area (Å²) in [6.45, 7) is 2.97. The van der Waals surface area contributed by atoms with Crippen molar-refractivity contribution in [2.45, 2.75) is 50.7 Å². The third-order valence-electron chi connectivity index (χ3n) is 5.76. The van der Waals surface area contributed by atoms with Gasteiger partial charge in [0.1, 0.15) is 5.82 Å². The van der Waals surface area contributed by atoms with Gasteiger partial charge >= 0.3 is 0 Å². The van der Waals surface area contributed by atoms with Crippen LogP contribution < -0.4 is 10.6 Å². The Balaban J connectivity index is 0.00000225. The molecule has 1 aliphatic carbocycles. The smallest absolute Gasteiger partial charge is 0.191 e. The number of aromatic amines is 1. The summed E-state index contributed by atoms with van der Waals surface area (Å²) in [4.78, 5) is 14.9. The van der Waals surface area contributed by atoms with Gasteiger partial charge in [-0.25, -0.2) is 4.98 Å². The zero-order valence-electron chi connectivity index (χ0n) is 16.5. The van der Waals surface area contributed by atoms with E-state index in [-0.39, 0.29) is 24.0 Å². The molecule has 1 aromatic heterocycles. The predicted molar refractivity (Wildman–Crippen MR) is 125 cm³/mol. The van der Waals surface area contributed by atoms with E-state index in [0.717, 1.165) is 35.6 Å². The molecule has 1 atom stereocenters. The highest BCUT2D eigenvalue weighted by molar-refractivity contribution is 14.0. The van der Waals surface area contributed by atoms with Gasteiger partial charge in [0.25, 0.3) is 0 Å². The van der Waals surface area contributed by atoms with Gasteiger partial charge in [0.15, 0.2) is 5.96 Å². The zero-order valence-corrected chi connectivity index (χ0v) is 18.9. The van der Waals surface area contributed by atoms with Gasteiger partial charge in [-0.15, -0.1) is 24.0 Å². The van der Waals surface area contributed by atoms with Crippen molar-refractivity contribution in [2.24, 2.45) is 4.99 Å². The highest BCUT2D eigenvalue weighted by atomic mass is 127. The van der Waals surface area contributed by atoms with Gasteiger partial charge in [-0.05, 0) is 24.8 Å². The molecule has 7 heteroatoms. The van der Waals surface area contributed by atoms with Crippen molar-refractivity contribution in [2.75, 3.05) is 20.1 Å². The second-order valence-corrected chi connectivity index (χ2v) is 7.60. The summed E-state index contributed by atoms with van der Waals surface area (Å²) < 4.78 is 0. The van der Waals surface area contributed by atoms with Crippen LogP contribution in [-0.4, -0.2) is 53.0 Å². The molecule has 152 valence electrons. The van der Waals surface area contributed by atoms with E-state index in [9.17, 15) is 0 Å². The predicted octanol–water partition coefficient (Wildman–Crippen LogP) is 3.38. The summed E-state index contributed by atoms with van der Waals surface area (Å²) in [5, 5.41) is 6.97. The summed E-state index contributed by atoms with van der Waals surface area (Å²) in [5.41, 5.74) is 2.19. The number of hydrogen-bond donors (Lipinski definition) is 3. The second-order valence-electron chi connectivity index (χ2n) is 7.60. The fourth-order valence-corrected chi connectivity index (χ4v) is 4.28. The molecular weight excluding hydrogens is 463 g/mol. The first-order chi connectivity index (χ1) is 13.3. The third-order valence-corrected chi connectivity index (χ3v) is 5.76. The van der Waals surface area contributed by atoms with Crippen molar-refractivity contribution >= 4 is 29.9 Å². The lowest BCUT2D eigenvalue weighted by molar-refractivity contribution is 0.242. The molecule has 1 saturated carbocycles. The molecule has 1 saturated heterocycles. The summed E-state index contributed by atoms with van der Waals surface area (Å²) >= 11 is 0. The number of benzene rings is 1. The first kappa shape index (κ1) is 21.1. The van der Waals surface area contributed by atoms with Gasteiger partial charge in [0.05, 0.1) is 18.4 Å². The molecule has 6 nitrogen and oxygen atoms in total. The van der Waals surface area contributed by atoms with Crippen LogP contribution in [-0.2, 0) is 6.54 Å². The van der Waals surface area contributed by atoms with E-state index in [4.69, 9.17) is 0 Å². The Morgan fingerprint density at radius 1 is 1.21 bits per heavy atom.